The van der Waals surface area contributed by atoms with Crippen molar-refractivity contribution < 1.29 is 9.59 Å². The molecular formula is C25H22BrN3O2. The number of aldehydes is 1. The predicted octanol–water partition coefficient (Wildman–Crippen LogP) is 4.62. The maximum absolute atomic E-state index is 12.5. The average molecular weight is 476 g/mol. The molecule has 0 bridgehead atoms. The van der Waals surface area contributed by atoms with Crippen molar-refractivity contribution >= 4 is 55.4 Å². The van der Waals surface area contributed by atoms with Crippen LogP contribution in [0.1, 0.15) is 17.0 Å². The second-order valence-corrected chi connectivity index (χ2v) is 9.02. The molecule has 0 saturated carbocycles. The minimum Gasteiger partial charge on any atom is -0.358 e. The standard InChI is InChI=1S/C25H22BrN3O2/c1-29-13-18(26)24(25(29)22(31)14-30)23-17-7-3-5-9-20(17)28-21(23)11-10-16-12-15-6-2-4-8-19(15)27-16/h2-9,12,14,25,27-28H,10-11,13H2,1H3. The van der Waals surface area contributed by atoms with Crippen LogP contribution in [-0.2, 0) is 22.4 Å². The first-order chi connectivity index (χ1) is 15.1. The molecule has 5 rings (SSSR count). The molecular weight excluding hydrogens is 454 g/mol. The van der Waals surface area contributed by atoms with Gasteiger partial charge in [-0.2, -0.15) is 0 Å². The van der Waals surface area contributed by atoms with Crippen molar-refractivity contribution in [3.63, 3.8) is 0 Å². The van der Waals surface area contributed by atoms with Crippen LogP contribution in [0.15, 0.2) is 59.1 Å². The van der Waals surface area contributed by atoms with E-state index in [-0.39, 0.29) is 0 Å². The third-order valence-corrected chi connectivity index (χ3v) is 6.74. The van der Waals surface area contributed by atoms with E-state index in [9.17, 15) is 9.59 Å². The smallest absolute Gasteiger partial charge is 0.216 e. The lowest BCUT2D eigenvalue weighted by molar-refractivity contribution is -0.131. The zero-order valence-corrected chi connectivity index (χ0v) is 18.7. The Morgan fingerprint density at radius 2 is 1.84 bits per heavy atom. The normalized spacial score (nSPS) is 17.2. The van der Waals surface area contributed by atoms with Crippen LogP contribution in [0, 0.1) is 0 Å². The Labute approximate surface area is 188 Å². The molecule has 5 nitrogen and oxygen atoms in total. The van der Waals surface area contributed by atoms with Crippen LogP contribution in [-0.4, -0.2) is 46.6 Å². The first kappa shape index (κ1) is 20.0. The molecule has 3 heterocycles. The predicted molar refractivity (Wildman–Crippen MR) is 127 cm³/mol. The van der Waals surface area contributed by atoms with Gasteiger partial charge in [-0.25, -0.2) is 0 Å². The summed E-state index contributed by atoms with van der Waals surface area (Å²) in [5.41, 5.74) is 6.33. The number of carbonyl (C=O) groups excluding carboxylic acids is 2. The quantitative estimate of drug-likeness (QED) is 0.315. The highest BCUT2D eigenvalue weighted by Crippen LogP contribution is 2.40. The Morgan fingerprint density at radius 1 is 1.10 bits per heavy atom. The number of ketones is 1. The van der Waals surface area contributed by atoms with E-state index in [0.717, 1.165) is 50.6 Å². The molecule has 1 aliphatic rings. The number of hydrogen-bond acceptors (Lipinski definition) is 3. The van der Waals surface area contributed by atoms with Gasteiger partial charge in [0, 0.05) is 44.4 Å². The summed E-state index contributed by atoms with van der Waals surface area (Å²) in [5.74, 6) is -0.418. The molecule has 31 heavy (non-hydrogen) atoms. The summed E-state index contributed by atoms with van der Waals surface area (Å²) in [4.78, 5) is 32.9. The molecule has 2 aromatic heterocycles. The van der Waals surface area contributed by atoms with Gasteiger partial charge in [-0.15, -0.1) is 0 Å². The molecule has 0 radical (unpaired) electrons. The maximum Gasteiger partial charge on any atom is 0.216 e. The van der Waals surface area contributed by atoms with Crippen LogP contribution >= 0.6 is 15.9 Å². The third-order valence-electron chi connectivity index (χ3n) is 6.06. The average Bonchev–Trinajstić information content (AvgIpc) is 3.43. The lowest BCUT2D eigenvalue weighted by Crippen LogP contribution is -2.36. The van der Waals surface area contributed by atoms with Gasteiger partial charge >= 0.3 is 0 Å². The van der Waals surface area contributed by atoms with E-state index in [1.165, 1.54) is 11.1 Å². The number of para-hydroxylation sites is 2. The lowest BCUT2D eigenvalue weighted by Gasteiger charge is -2.20. The first-order valence-electron chi connectivity index (χ1n) is 10.3. The number of nitrogens with zero attached hydrogens (tertiary/aromatic N) is 1. The van der Waals surface area contributed by atoms with Crippen LogP contribution in [0.4, 0.5) is 0 Å². The molecule has 0 spiro atoms. The number of fused-ring (bicyclic) bond motifs is 2. The third kappa shape index (κ3) is 3.46. The molecule has 2 N–H and O–H groups in total. The molecule has 156 valence electrons. The van der Waals surface area contributed by atoms with Crippen molar-refractivity contribution in [2.24, 2.45) is 0 Å². The number of aromatic nitrogens is 2. The molecule has 0 aliphatic carbocycles. The van der Waals surface area contributed by atoms with Crippen LogP contribution in [0.5, 0.6) is 0 Å². The molecule has 0 saturated heterocycles. The summed E-state index contributed by atoms with van der Waals surface area (Å²) >= 11 is 3.69. The number of halogens is 1. The number of aryl methyl sites for hydroxylation is 2. The van der Waals surface area contributed by atoms with Crippen molar-refractivity contribution in [3.05, 3.63) is 76.0 Å². The molecule has 4 aromatic rings. The number of rotatable bonds is 6. The minimum absolute atomic E-state index is 0.418. The fourth-order valence-corrected chi connectivity index (χ4v) is 5.49. The second kappa shape index (κ2) is 7.94. The van der Waals surface area contributed by atoms with Gasteiger partial charge in [-0.05, 0) is 49.0 Å². The van der Waals surface area contributed by atoms with Crippen LogP contribution in [0.2, 0.25) is 0 Å². The summed E-state index contributed by atoms with van der Waals surface area (Å²) in [6.45, 7) is 0.598. The fourth-order valence-electron chi connectivity index (χ4n) is 4.68. The summed E-state index contributed by atoms with van der Waals surface area (Å²) in [6, 6.07) is 18.0. The molecule has 0 fully saturated rings. The molecule has 1 aliphatic heterocycles. The van der Waals surface area contributed by atoms with Gasteiger partial charge in [0.25, 0.3) is 0 Å². The summed E-state index contributed by atoms with van der Waals surface area (Å²) in [6.07, 6.45) is 2.06. The number of Topliss-reactive ketones (excluding diaryl/α,β-unsaturated/α-hetero) is 1. The Morgan fingerprint density at radius 3 is 2.61 bits per heavy atom. The topological polar surface area (TPSA) is 69.0 Å². The Balaban J connectivity index is 1.57. The second-order valence-electron chi connectivity index (χ2n) is 8.06. The highest BCUT2D eigenvalue weighted by molar-refractivity contribution is 9.11. The van der Waals surface area contributed by atoms with Crippen molar-refractivity contribution in [2.75, 3.05) is 13.6 Å². The summed E-state index contributed by atoms with van der Waals surface area (Å²) in [7, 11) is 1.87. The van der Waals surface area contributed by atoms with Gasteiger partial charge in [0.05, 0.1) is 0 Å². The maximum atomic E-state index is 12.5. The van der Waals surface area contributed by atoms with Gasteiger partial charge in [-0.1, -0.05) is 52.3 Å². The van der Waals surface area contributed by atoms with E-state index in [1.807, 2.05) is 36.2 Å². The Bertz CT molecular complexity index is 1310. The monoisotopic (exact) mass is 475 g/mol. The van der Waals surface area contributed by atoms with Gasteiger partial charge in [-0.3, -0.25) is 14.5 Å². The first-order valence-corrected chi connectivity index (χ1v) is 11.1. The number of carbonyl (C=O) groups is 2. The molecule has 1 atom stereocenters. The summed E-state index contributed by atoms with van der Waals surface area (Å²) < 4.78 is 0.951. The Kier molecular flexibility index (Phi) is 5.12. The number of aromatic amines is 2. The molecule has 2 aromatic carbocycles. The van der Waals surface area contributed by atoms with Crippen molar-refractivity contribution in [1.82, 2.24) is 14.9 Å². The largest absolute Gasteiger partial charge is 0.358 e. The zero-order chi connectivity index (χ0) is 21.5. The number of nitrogens with one attached hydrogen (secondary N) is 2. The molecule has 1 unspecified atom stereocenters. The number of benzene rings is 2. The van der Waals surface area contributed by atoms with Crippen molar-refractivity contribution in [3.8, 4) is 0 Å². The van der Waals surface area contributed by atoms with Crippen LogP contribution in [0.25, 0.3) is 27.4 Å². The number of H-pyrrole nitrogens is 2. The number of likely N-dealkylation sites (N-methyl/N-ethyl adjacent to an activating group) is 1. The SMILES string of the molecule is CN1CC(Br)=C(c2c(CCc3cc4ccccc4[nH]3)[nH]c3ccccc23)C1C(=O)C=O. The van der Waals surface area contributed by atoms with Crippen LogP contribution < -0.4 is 0 Å². The van der Waals surface area contributed by atoms with Crippen LogP contribution in [0.3, 0.4) is 0 Å². The van der Waals surface area contributed by atoms with E-state index < -0.39 is 11.8 Å². The van der Waals surface area contributed by atoms with E-state index in [2.05, 4.69) is 56.2 Å². The van der Waals surface area contributed by atoms with E-state index in [4.69, 9.17) is 0 Å². The highest BCUT2D eigenvalue weighted by atomic mass is 79.9. The van der Waals surface area contributed by atoms with E-state index in [0.29, 0.717) is 12.8 Å². The summed E-state index contributed by atoms with van der Waals surface area (Å²) in [5, 5.41) is 2.27. The minimum atomic E-state index is -0.571. The molecule has 0 amide bonds. The van der Waals surface area contributed by atoms with E-state index >= 15 is 0 Å². The van der Waals surface area contributed by atoms with Crippen molar-refractivity contribution in [2.45, 2.75) is 18.9 Å². The van der Waals surface area contributed by atoms with Crippen molar-refractivity contribution in [1.29, 1.82) is 0 Å². The highest BCUT2D eigenvalue weighted by Gasteiger charge is 2.37. The van der Waals surface area contributed by atoms with Gasteiger partial charge < -0.3 is 9.97 Å². The van der Waals surface area contributed by atoms with Gasteiger partial charge in [0.2, 0.25) is 5.78 Å². The van der Waals surface area contributed by atoms with Gasteiger partial charge in [0.1, 0.15) is 6.04 Å². The Hall–Kier alpha value is -2.96. The zero-order valence-electron chi connectivity index (χ0n) is 17.1. The fraction of sp³-hybridized carbons (Fsp3) is 0.200. The van der Waals surface area contributed by atoms with Gasteiger partial charge in [0.15, 0.2) is 6.29 Å². The lowest BCUT2D eigenvalue weighted by atomic mass is 9.93. The van der Waals surface area contributed by atoms with E-state index in [1.54, 1.807) is 0 Å². The molecule has 6 heteroatoms. The number of hydrogen-bond donors (Lipinski definition) is 2.